The topological polar surface area (TPSA) is 147 Å². The van der Waals surface area contributed by atoms with Gasteiger partial charge in [-0.2, -0.15) is 0 Å². The molecule has 1 aromatic heterocycles. The van der Waals surface area contributed by atoms with Crippen LogP contribution in [0.2, 0.25) is 0 Å². The Balaban J connectivity index is 1.39. The molecule has 2 heterocycles. The largest absolute Gasteiger partial charge is 0.493 e. The molecule has 0 radical (unpaired) electrons. The number of likely N-dealkylation sites (tertiary alicyclic amines) is 1. The van der Waals surface area contributed by atoms with Gasteiger partial charge < -0.3 is 30.1 Å². The zero-order valence-electron chi connectivity index (χ0n) is 30.4. The van der Waals surface area contributed by atoms with Crippen LogP contribution in [0.1, 0.15) is 104 Å². The molecule has 276 valence electrons. The van der Waals surface area contributed by atoms with Crippen LogP contribution in [0, 0.1) is 12.3 Å². The number of hydrogen-bond donors (Lipinski definition) is 3. The number of alkyl halides is 1. The summed E-state index contributed by atoms with van der Waals surface area (Å²) in [6.07, 6.45) is 2.97. The van der Waals surface area contributed by atoms with Crippen LogP contribution < -0.4 is 15.4 Å². The van der Waals surface area contributed by atoms with E-state index in [2.05, 4.69) is 15.6 Å². The quantitative estimate of drug-likeness (QED) is 0.164. The predicted molar refractivity (Wildman–Crippen MR) is 189 cm³/mol. The van der Waals surface area contributed by atoms with Crippen molar-refractivity contribution in [3.05, 3.63) is 35.0 Å². The molecule has 3 amide bonds. The van der Waals surface area contributed by atoms with Gasteiger partial charge in [-0.3, -0.25) is 19.2 Å². The van der Waals surface area contributed by atoms with Gasteiger partial charge >= 0.3 is 5.97 Å². The number of carbonyl (C=O) groups is 4. The van der Waals surface area contributed by atoms with Gasteiger partial charge in [0.2, 0.25) is 11.8 Å². The lowest BCUT2D eigenvalue weighted by Gasteiger charge is -2.35. The number of ether oxygens (including phenoxy) is 2. The molecule has 1 saturated heterocycles. The van der Waals surface area contributed by atoms with E-state index in [9.17, 15) is 28.7 Å². The third kappa shape index (κ3) is 10.7. The molecule has 0 unspecified atom stereocenters. The summed E-state index contributed by atoms with van der Waals surface area (Å²) in [6.45, 7) is 13.3. The van der Waals surface area contributed by atoms with Gasteiger partial charge in [0, 0.05) is 31.5 Å². The first-order valence-corrected chi connectivity index (χ1v) is 18.4. The highest BCUT2D eigenvalue weighted by molar-refractivity contribution is 7.13. The maximum absolute atomic E-state index is 14.5. The summed E-state index contributed by atoms with van der Waals surface area (Å²) in [5, 5.41) is 16.0. The molecule has 2 aliphatic rings. The van der Waals surface area contributed by atoms with Gasteiger partial charge in [-0.25, -0.2) is 9.37 Å². The van der Waals surface area contributed by atoms with Gasteiger partial charge in [0.15, 0.2) is 5.67 Å². The van der Waals surface area contributed by atoms with Crippen molar-refractivity contribution < 1.29 is 38.1 Å². The molecule has 4 rings (SSSR count). The number of nitrogens with one attached hydrogen (secondary N) is 2. The standard InChI is InChI=1S/C37H53FN4O7S/c1-23-30(50-22-40-23)24-13-14-25(28(18-24)48-17-11-9-8-10-12-29(44)49-36(5,6)7)20-39-32(45)27-19-26(43)21-42(27)33(46)31(35(2,3)4)41-34(47)37(38)15-16-37/h13-14,18,22,26-27,31,43H,8-12,15-17,19-21H2,1-7H3,(H,39,45)(H,41,47)/t26-,27+,31-/m1/s1. The lowest BCUT2D eigenvalue weighted by molar-refractivity contribution is -0.155. The van der Waals surface area contributed by atoms with Crippen molar-refractivity contribution in [3.8, 4) is 16.2 Å². The molecule has 1 saturated carbocycles. The highest BCUT2D eigenvalue weighted by Crippen LogP contribution is 2.40. The number of aromatic nitrogens is 1. The van der Waals surface area contributed by atoms with Crippen LogP contribution in [0.25, 0.3) is 10.4 Å². The van der Waals surface area contributed by atoms with E-state index in [-0.39, 0.29) is 38.3 Å². The first-order valence-electron chi connectivity index (χ1n) is 17.5. The SMILES string of the molecule is Cc1ncsc1-c1ccc(CNC(=O)[C@@H]2C[C@@H](O)CN2C(=O)[C@@H](NC(=O)C2(F)CC2)C(C)(C)C)c(OCCCCCCC(=O)OC(C)(C)C)c1. The summed E-state index contributed by atoms with van der Waals surface area (Å²) in [5.74, 6) is -1.39. The third-order valence-electron chi connectivity index (χ3n) is 8.83. The molecule has 2 fully saturated rings. The normalized spacial score (nSPS) is 19.1. The van der Waals surface area contributed by atoms with E-state index in [1.807, 2.05) is 45.9 Å². The van der Waals surface area contributed by atoms with E-state index < -0.39 is 52.6 Å². The monoisotopic (exact) mass is 716 g/mol. The number of aliphatic hydroxyl groups is 1. The number of unbranched alkanes of at least 4 members (excludes halogenated alkanes) is 3. The van der Waals surface area contributed by atoms with Crippen LogP contribution in [0.5, 0.6) is 5.75 Å². The van der Waals surface area contributed by atoms with E-state index in [0.29, 0.717) is 18.8 Å². The van der Waals surface area contributed by atoms with Crippen molar-refractivity contribution in [2.45, 2.75) is 136 Å². The molecule has 2 aromatic rings. The molecule has 1 aromatic carbocycles. The Labute approximate surface area is 298 Å². The third-order valence-corrected chi connectivity index (χ3v) is 9.81. The van der Waals surface area contributed by atoms with Gasteiger partial charge in [0.25, 0.3) is 5.91 Å². The van der Waals surface area contributed by atoms with E-state index in [1.54, 1.807) is 26.3 Å². The minimum Gasteiger partial charge on any atom is -0.493 e. The zero-order valence-corrected chi connectivity index (χ0v) is 31.2. The summed E-state index contributed by atoms with van der Waals surface area (Å²) in [7, 11) is 0. The number of aryl methyl sites for hydroxylation is 1. The number of carbonyl (C=O) groups excluding carboxylic acids is 4. The Hall–Kier alpha value is -3.58. The molecule has 1 aliphatic heterocycles. The van der Waals surface area contributed by atoms with Gasteiger partial charge in [0.1, 0.15) is 23.4 Å². The number of aliphatic hydroxyl groups excluding tert-OH is 1. The second-order valence-electron chi connectivity index (χ2n) is 15.5. The number of amides is 3. The molecule has 0 bridgehead atoms. The second-order valence-corrected chi connectivity index (χ2v) is 16.4. The van der Waals surface area contributed by atoms with Gasteiger partial charge in [-0.15, -0.1) is 11.3 Å². The van der Waals surface area contributed by atoms with E-state index in [1.165, 1.54) is 16.2 Å². The van der Waals surface area contributed by atoms with Crippen LogP contribution in [0.15, 0.2) is 23.7 Å². The molecule has 50 heavy (non-hydrogen) atoms. The van der Waals surface area contributed by atoms with E-state index in [4.69, 9.17) is 9.47 Å². The number of nitrogens with zero attached hydrogens (tertiary/aromatic N) is 2. The predicted octanol–water partition coefficient (Wildman–Crippen LogP) is 5.40. The Kier molecular flexibility index (Phi) is 12.7. The summed E-state index contributed by atoms with van der Waals surface area (Å²) < 4.78 is 26.1. The number of halogens is 1. The lowest BCUT2D eigenvalue weighted by Crippen LogP contribution is -2.59. The Bertz CT molecular complexity index is 1530. The maximum atomic E-state index is 14.5. The minimum absolute atomic E-state index is 0.0380. The fourth-order valence-corrected chi connectivity index (χ4v) is 6.68. The summed E-state index contributed by atoms with van der Waals surface area (Å²) in [6, 6.07) is 3.74. The maximum Gasteiger partial charge on any atom is 0.306 e. The number of β-amino-alcohol motifs (C(OH)–C–C–N with tert-alkyl or cyclic N) is 1. The minimum atomic E-state index is -1.96. The van der Waals surface area contributed by atoms with Gasteiger partial charge in [0.05, 0.1) is 28.8 Å². The average molecular weight is 717 g/mol. The Morgan fingerprint density at radius 2 is 1.80 bits per heavy atom. The molecular formula is C37H53FN4O7S. The summed E-state index contributed by atoms with van der Waals surface area (Å²) in [5.41, 5.74) is 1.16. The highest BCUT2D eigenvalue weighted by atomic mass is 32.1. The van der Waals surface area contributed by atoms with Crippen molar-refractivity contribution in [2.75, 3.05) is 13.2 Å². The van der Waals surface area contributed by atoms with Crippen LogP contribution in [-0.2, 0) is 30.5 Å². The smallest absolute Gasteiger partial charge is 0.306 e. The van der Waals surface area contributed by atoms with E-state index >= 15 is 0 Å². The molecule has 3 atom stereocenters. The van der Waals surface area contributed by atoms with Crippen molar-refractivity contribution in [1.29, 1.82) is 0 Å². The van der Waals surface area contributed by atoms with Gasteiger partial charge in [-0.05, 0) is 70.4 Å². The summed E-state index contributed by atoms with van der Waals surface area (Å²) in [4.78, 5) is 58.6. The van der Waals surface area contributed by atoms with Crippen LogP contribution in [0.4, 0.5) is 4.39 Å². The first-order chi connectivity index (χ1) is 23.4. The molecule has 0 spiro atoms. The number of hydrogen-bond acceptors (Lipinski definition) is 9. The van der Waals surface area contributed by atoms with Crippen LogP contribution >= 0.6 is 11.3 Å². The Morgan fingerprint density at radius 1 is 1.10 bits per heavy atom. The van der Waals surface area contributed by atoms with Gasteiger partial charge in [-0.1, -0.05) is 45.7 Å². The molecule has 1 aliphatic carbocycles. The number of benzene rings is 1. The highest BCUT2D eigenvalue weighted by Gasteiger charge is 2.53. The fourth-order valence-electron chi connectivity index (χ4n) is 5.87. The molecule has 11 nitrogen and oxygen atoms in total. The van der Waals surface area contributed by atoms with Crippen LogP contribution in [0.3, 0.4) is 0 Å². The fraction of sp³-hybridized carbons (Fsp3) is 0.649. The van der Waals surface area contributed by atoms with Crippen LogP contribution in [-0.4, -0.2) is 81.3 Å². The Morgan fingerprint density at radius 3 is 2.42 bits per heavy atom. The number of thiazole rings is 1. The lowest BCUT2D eigenvalue weighted by atomic mass is 9.85. The second kappa shape index (κ2) is 16.2. The zero-order chi connectivity index (χ0) is 36.9. The summed E-state index contributed by atoms with van der Waals surface area (Å²) >= 11 is 1.53. The van der Waals surface area contributed by atoms with Crippen molar-refractivity contribution in [3.63, 3.8) is 0 Å². The molecular weight excluding hydrogens is 663 g/mol. The molecule has 13 heteroatoms. The van der Waals surface area contributed by atoms with Crippen molar-refractivity contribution >= 4 is 35.0 Å². The average Bonchev–Trinajstić information content (AvgIpc) is 3.43. The molecule has 3 N–H and O–H groups in total. The number of esters is 1. The first kappa shape index (κ1) is 39.2. The van der Waals surface area contributed by atoms with Crippen molar-refractivity contribution in [2.24, 2.45) is 5.41 Å². The number of rotatable bonds is 15. The van der Waals surface area contributed by atoms with Crippen molar-refractivity contribution in [1.82, 2.24) is 20.5 Å². The van der Waals surface area contributed by atoms with E-state index in [0.717, 1.165) is 47.4 Å².